The highest BCUT2D eigenvalue weighted by Crippen LogP contribution is 2.52. The van der Waals surface area contributed by atoms with Gasteiger partial charge in [0.15, 0.2) is 0 Å². The van der Waals surface area contributed by atoms with Crippen molar-refractivity contribution in [1.82, 2.24) is 4.90 Å². The Kier molecular flexibility index (Phi) is 2.89. The Hall–Kier alpha value is -2.43. The van der Waals surface area contributed by atoms with E-state index in [0.29, 0.717) is 5.69 Å². The average Bonchev–Trinajstić information content (AvgIpc) is 3.18. The number of carbonyl (C=O) groups excluding carboxylic acids is 3. The van der Waals surface area contributed by atoms with E-state index in [2.05, 4.69) is 5.32 Å². The first-order valence-electron chi connectivity index (χ1n) is 7.53. The molecule has 1 saturated carbocycles. The fraction of sp³-hybridized carbons (Fsp3) is 0.353. The van der Waals surface area contributed by atoms with Gasteiger partial charge in [0.05, 0.1) is 11.8 Å². The van der Waals surface area contributed by atoms with Gasteiger partial charge in [-0.2, -0.15) is 0 Å². The van der Waals surface area contributed by atoms with Crippen molar-refractivity contribution in [3.05, 3.63) is 42.5 Å². The lowest BCUT2D eigenvalue weighted by atomic mass is 9.85. The highest BCUT2D eigenvalue weighted by Gasteiger charge is 2.59. The summed E-state index contributed by atoms with van der Waals surface area (Å²) in [6.45, 7) is -0.195. The molecule has 2 aliphatic carbocycles. The zero-order valence-electron chi connectivity index (χ0n) is 11.9. The van der Waals surface area contributed by atoms with Gasteiger partial charge < -0.3 is 5.32 Å². The van der Waals surface area contributed by atoms with Gasteiger partial charge in [-0.25, -0.2) is 0 Å². The maximum Gasteiger partial charge on any atom is 0.244 e. The lowest BCUT2D eigenvalue weighted by molar-refractivity contribution is -0.143. The predicted molar refractivity (Wildman–Crippen MR) is 79.5 cm³/mol. The molecule has 22 heavy (non-hydrogen) atoms. The van der Waals surface area contributed by atoms with Crippen LogP contribution in [0.1, 0.15) is 6.42 Å². The van der Waals surface area contributed by atoms with Crippen LogP contribution in [0.3, 0.4) is 0 Å². The molecule has 1 aromatic rings. The van der Waals surface area contributed by atoms with E-state index < -0.39 is 0 Å². The van der Waals surface area contributed by atoms with Crippen molar-refractivity contribution < 1.29 is 14.4 Å². The number of hydrogen-bond donors (Lipinski definition) is 1. The first-order valence-corrected chi connectivity index (χ1v) is 7.53. The first-order chi connectivity index (χ1) is 10.6. The minimum absolute atomic E-state index is 0.175. The van der Waals surface area contributed by atoms with E-state index in [-0.39, 0.29) is 47.9 Å². The van der Waals surface area contributed by atoms with Crippen LogP contribution in [0.15, 0.2) is 42.5 Å². The molecule has 1 N–H and O–H groups in total. The Morgan fingerprint density at radius 1 is 1.05 bits per heavy atom. The number of allylic oxidation sites excluding steroid dienone is 2. The second kappa shape index (κ2) is 4.80. The summed E-state index contributed by atoms with van der Waals surface area (Å²) in [5.41, 5.74) is 0.661. The lowest BCUT2D eigenvalue weighted by Gasteiger charge is -2.16. The fourth-order valence-corrected chi connectivity index (χ4v) is 3.99. The Morgan fingerprint density at radius 2 is 1.64 bits per heavy atom. The van der Waals surface area contributed by atoms with Gasteiger partial charge in [-0.1, -0.05) is 30.4 Å². The molecule has 1 aliphatic heterocycles. The topological polar surface area (TPSA) is 66.5 Å². The van der Waals surface area contributed by atoms with Crippen molar-refractivity contribution in [2.45, 2.75) is 6.42 Å². The number of anilines is 1. The summed E-state index contributed by atoms with van der Waals surface area (Å²) >= 11 is 0. The van der Waals surface area contributed by atoms with E-state index in [1.54, 1.807) is 12.1 Å². The molecule has 0 radical (unpaired) electrons. The number of likely N-dealkylation sites (tertiary alicyclic amines) is 1. The molecular formula is C17H16N2O3. The van der Waals surface area contributed by atoms with Crippen LogP contribution in [-0.4, -0.2) is 29.2 Å². The molecule has 2 fully saturated rings. The minimum Gasteiger partial charge on any atom is -0.325 e. The normalized spacial score (nSPS) is 31.7. The predicted octanol–water partition coefficient (Wildman–Crippen LogP) is 1.43. The SMILES string of the molecule is O=C(CN1C(=O)[C@@H]2[C@H](C1=O)[C@@H]1C=C[C@H]2C1)Nc1ccccc1. The fourth-order valence-electron chi connectivity index (χ4n) is 3.99. The Labute approximate surface area is 128 Å². The van der Waals surface area contributed by atoms with Crippen LogP contribution in [0.2, 0.25) is 0 Å². The van der Waals surface area contributed by atoms with Gasteiger partial charge in [-0.05, 0) is 30.4 Å². The van der Waals surface area contributed by atoms with Gasteiger partial charge in [-0.15, -0.1) is 0 Å². The summed E-state index contributed by atoms with van der Waals surface area (Å²) in [6, 6.07) is 9.02. The van der Waals surface area contributed by atoms with Crippen LogP contribution in [0.4, 0.5) is 5.69 Å². The number of nitrogens with one attached hydrogen (secondary N) is 1. The van der Waals surface area contributed by atoms with Crippen molar-refractivity contribution in [3.63, 3.8) is 0 Å². The first kappa shape index (κ1) is 13.2. The van der Waals surface area contributed by atoms with Crippen molar-refractivity contribution in [1.29, 1.82) is 0 Å². The number of benzene rings is 1. The molecule has 112 valence electrons. The third-order valence-corrected chi connectivity index (χ3v) is 4.92. The van der Waals surface area contributed by atoms with Gasteiger partial charge in [0.2, 0.25) is 17.7 Å². The molecule has 1 aromatic carbocycles. The molecule has 3 aliphatic rings. The van der Waals surface area contributed by atoms with Gasteiger partial charge in [0.25, 0.3) is 0 Å². The summed E-state index contributed by atoms with van der Waals surface area (Å²) in [5.74, 6) is -0.848. The molecule has 1 saturated heterocycles. The van der Waals surface area contributed by atoms with Crippen LogP contribution in [0.5, 0.6) is 0 Å². The van der Waals surface area contributed by atoms with E-state index in [0.717, 1.165) is 11.3 Å². The van der Waals surface area contributed by atoms with Crippen LogP contribution >= 0.6 is 0 Å². The third-order valence-electron chi connectivity index (χ3n) is 4.92. The number of imide groups is 1. The molecular weight excluding hydrogens is 280 g/mol. The smallest absolute Gasteiger partial charge is 0.244 e. The Balaban J connectivity index is 1.47. The number of carbonyl (C=O) groups is 3. The van der Waals surface area contributed by atoms with E-state index >= 15 is 0 Å². The number of para-hydroxylation sites is 1. The molecule has 0 spiro atoms. The number of rotatable bonds is 3. The van der Waals surface area contributed by atoms with Gasteiger partial charge >= 0.3 is 0 Å². The van der Waals surface area contributed by atoms with E-state index in [9.17, 15) is 14.4 Å². The van der Waals surface area contributed by atoms with Crippen molar-refractivity contribution in [2.24, 2.45) is 23.7 Å². The maximum absolute atomic E-state index is 12.5. The largest absolute Gasteiger partial charge is 0.325 e. The highest BCUT2D eigenvalue weighted by molar-refractivity contribution is 6.09. The van der Waals surface area contributed by atoms with Crippen molar-refractivity contribution in [2.75, 3.05) is 11.9 Å². The summed E-state index contributed by atoms with van der Waals surface area (Å²) in [6.07, 6.45) is 4.99. The van der Waals surface area contributed by atoms with E-state index in [4.69, 9.17) is 0 Å². The van der Waals surface area contributed by atoms with Gasteiger partial charge in [0, 0.05) is 5.69 Å². The molecule has 0 unspecified atom stereocenters. The quantitative estimate of drug-likeness (QED) is 0.678. The number of hydrogen-bond acceptors (Lipinski definition) is 3. The van der Waals surface area contributed by atoms with Crippen LogP contribution in [0.25, 0.3) is 0 Å². The maximum atomic E-state index is 12.5. The lowest BCUT2D eigenvalue weighted by Crippen LogP contribution is -2.39. The number of amides is 3. The molecule has 0 aromatic heterocycles. The summed E-state index contributed by atoms with van der Waals surface area (Å²) in [5, 5.41) is 2.71. The monoisotopic (exact) mass is 296 g/mol. The van der Waals surface area contributed by atoms with Crippen molar-refractivity contribution in [3.8, 4) is 0 Å². The standard InChI is InChI=1S/C17H16N2O3/c20-13(18-12-4-2-1-3-5-12)9-19-16(21)14-10-6-7-11(8-10)15(14)17(19)22/h1-7,10-11,14-15H,8-9H2,(H,18,20)/t10-,11+,14-,15+. The summed E-state index contributed by atoms with van der Waals surface area (Å²) < 4.78 is 0. The average molecular weight is 296 g/mol. The molecule has 4 rings (SSSR count). The Bertz CT molecular complexity index is 652. The summed E-state index contributed by atoms with van der Waals surface area (Å²) in [4.78, 5) is 38.2. The zero-order valence-corrected chi connectivity index (χ0v) is 11.9. The molecule has 5 heteroatoms. The molecule has 2 bridgehead atoms. The second-order valence-corrected chi connectivity index (χ2v) is 6.18. The van der Waals surface area contributed by atoms with Crippen LogP contribution < -0.4 is 5.32 Å². The zero-order chi connectivity index (χ0) is 15.3. The molecule has 1 heterocycles. The number of fused-ring (bicyclic) bond motifs is 5. The van der Waals surface area contributed by atoms with Crippen LogP contribution in [-0.2, 0) is 14.4 Å². The van der Waals surface area contributed by atoms with Gasteiger partial charge in [0.1, 0.15) is 6.54 Å². The van der Waals surface area contributed by atoms with E-state index in [1.165, 1.54) is 0 Å². The van der Waals surface area contributed by atoms with Crippen molar-refractivity contribution >= 4 is 23.4 Å². The highest BCUT2D eigenvalue weighted by atomic mass is 16.2. The van der Waals surface area contributed by atoms with Gasteiger partial charge in [-0.3, -0.25) is 19.3 Å². The minimum atomic E-state index is -0.340. The second-order valence-electron chi connectivity index (χ2n) is 6.18. The molecule has 5 nitrogen and oxygen atoms in total. The number of nitrogens with zero attached hydrogens (tertiary/aromatic N) is 1. The molecule has 4 atom stereocenters. The Morgan fingerprint density at radius 3 is 2.23 bits per heavy atom. The van der Waals surface area contributed by atoms with E-state index in [1.807, 2.05) is 30.4 Å². The summed E-state index contributed by atoms with van der Waals surface area (Å²) in [7, 11) is 0. The van der Waals surface area contributed by atoms with Crippen LogP contribution in [0, 0.1) is 23.7 Å². The third kappa shape index (κ3) is 1.89. The molecule has 3 amide bonds.